The van der Waals surface area contributed by atoms with Crippen LogP contribution in [0, 0.1) is 5.92 Å². The Labute approximate surface area is 101 Å². The first-order valence-electron chi connectivity index (χ1n) is 5.96. The Hall–Kier alpha value is -0.260. The average molecular weight is 244 g/mol. The molecule has 16 heavy (non-hydrogen) atoms. The summed E-state index contributed by atoms with van der Waals surface area (Å²) in [6, 6.07) is 0. The molecule has 2 fully saturated rings. The predicted molar refractivity (Wildman–Crippen MR) is 65.7 cm³/mol. The molecule has 0 aromatic heterocycles. The minimum absolute atomic E-state index is 0.0960. The van der Waals surface area contributed by atoms with Crippen molar-refractivity contribution in [2.75, 3.05) is 45.1 Å². The highest BCUT2D eigenvalue weighted by atomic mass is 32.2. The minimum atomic E-state index is 0.0960. The maximum atomic E-state index is 12.1. The van der Waals surface area contributed by atoms with Crippen LogP contribution in [0.1, 0.15) is 6.92 Å². The van der Waals surface area contributed by atoms with Crippen LogP contribution in [0.15, 0.2) is 0 Å². The van der Waals surface area contributed by atoms with Crippen molar-refractivity contribution < 1.29 is 9.53 Å². The van der Waals surface area contributed by atoms with E-state index in [0.717, 1.165) is 37.8 Å². The molecule has 0 aromatic carbocycles. The lowest BCUT2D eigenvalue weighted by Crippen LogP contribution is -2.46. The highest BCUT2D eigenvalue weighted by Crippen LogP contribution is 2.19. The smallest absolute Gasteiger partial charge is 0.235 e. The maximum absolute atomic E-state index is 12.1. The normalized spacial score (nSPS) is 23.9. The Morgan fingerprint density at radius 1 is 1.50 bits per heavy atom. The first-order valence-corrected chi connectivity index (χ1v) is 7.01. The molecule has 5 heteroatoms. The van der Waals surface area contributed by atoms with Crippen molar-refractivity contribution in [3.8, 4) is 0 Å². The molecule has 2 aliphatic rings. The quantitative estimate of drug-likeness (QED) is 0.766. The van der Waals surface area contributed by atoms with E-state index in [1.54, 1.807) is 11.8 Å². The summed E-state index contributed by atoms with van der Waals surface area (Å²) >= 11 is 1.79. The molecule has 92 valence electrons. The van der Waals surface area contributed by atoms with Crippen molar-refractivity contribution in [3.63, 3.8) is 0 Å². The van der Waals surface area contributed by atoms with E-state index in [1.165, 1.54) is 0 Å². The molecule has 1 amide bonds. The van der Waals surface area contributed by atoms with E-state index < -0.39 is 0 Å². The van der Waals surface area contributed by atoms with Gasteiger partial charge in [-0.15, -0.1) is 11.8 Å². The Morgan fingerprint density at radius 2 is 2.19 bits per heavy atom. The summed E-state index contributed by atoms with van der Waals surface area (Å²) in [6.07, 6.45) is 0. The standard InChI is InChI=1S/C11H20N2O2S/c1-9(16-8-10-6-12-7-10)11(14)13-2-4-15-5-3-13/h9-10,12H,2-8H2,1H3. The molecule has 0 bridgehead atoms. The summed E-state index contributed by atoms with van der Waals surface area (Å²) in [5.74, 6) is 2.15. The van der Waals surface area contributed by atoms with Gasteiger partial charge in [0, 0.05) is 13.1 Å². The molecular weight excluding hydrogens is 224 g/mol. The monoisotopic (exact) mass is 244 g/mol. The number of carbonyl (C=O) groups is 1. The summed E-state index contributed by atoms with van der Waals surface area (Å²) < 4.78 is 5.25. The molecule has 1 N–H and O–H groups in total. The molecule has 1 unspecified atom stereocenters. The van der Waals surface area contributed by atoms with Crippen molar-refractivity contribution in [2.45, 2.75) is 12.2 Å². The third-order valence-electron chi connectivity index (χ3n) is 3.12. The van der Waals surface area contributed by atoms with E-state index in [4.69, 9.17) is 4.74 Å². The van der Waals surface area contributed by atoms with Gasteiger partial charge >= 0.3 is 0 Å². The second kappa shape index (κ2) is 5.89. The number of amides is 1. The number of rotatable bonds is 4. The van der Waals surface area contributed by atoms with Crippen LogP contribution in [-0.2, 0) is 9.53 Å². The molecule has 0 saturated carbocycles. The number of carbonyl (C=O) groups excluding carboxylic acids is 1. The lowest BCUT2D eigenvalue weighted by atomic mass is 10.1. The Kier molecular flexibility index (Phi) is 4.49. The SMILES string of the molecule is CC(SCC1CNC1)C(=O)N1CCOCC1. The van der Waals surface area contributed by atoms with E-state index in [9.17, 15) is 4.79 Å². The molecule has 2 rings (SSSR count). The third-order valence-corrected chi connectivity index (χ3v) is 4.48. The second-order valence-corrected chi connectivity index (χ2v) is 5.81. The number of thioether (sulfide) groups is 1. The van der Waals surface area contributed by atoms with Gasteiger partial charge in [-0.1, -0.05) is 0 Å². The fourth-order valence-corrected chi connectivity index (χ4v) is 2.95. The number of ether oxygens (including phenoxy) is 1. The Bertz CT molecular complexity index is 240. The second-order valence-electron chi connectivity index (χ2n) is 4.44. The highest BCUT2D eigenvalue weighted by Gasteiger charge is 2.24. The maximum Gasteiger partial charge on any atom is 0.235 e. The molecule has 2 saturated heterocycles. The number of hydrogen-bond acceptors (Lipinski definition) is 4. The van der Waals surface area contributed by atoms with E-state index >= 15 is 0 Å². The van der Waals surface area contributed by atoms with Crippen molar-refractivity contribution in [1.29, 1.82) is 0 Å². The van der Waals surface area contributed by atoms with Gasteiger partial charge in [-0.05, 0) is 31.7 Å². The number of morpholine rings is 1. The predicted octanol–water partition coefficient (Wildman–Crippen LogP) is 0.186. The molecule has 0 aliphatic carbocycles. The van der Waals surface area contributed by atoms with Crippen molar-refractivity contribution >= 4 is 17.7 Å². The van der Waals surface area contributed by atoms with E-state index in [0.29, 0.717) is 13.2 Å². The number of nitrogens with zero attached hydrogens (tertiary/aromatic N) is 1. The zero-order valence-corrected chi connectivity index (χ0v) is 10.6. The van der Waals surface area contributed by atoms with Gasteiger partial charge < -0.3 is 15.0 Å². The fourth-order valence-electron chi connectivity index (χ4n) is 1.86. The zero-order valence-electron chi connectivity index (χ0n) is 9.78. The molecule has 2 heterocycles. The first kappa shape index (κ1) is 12.2. The van der Waals surface area contributed by atoms with E-state index in [2.05, 4.69) is 5.32 Å². The van der Waals surface area contributed by atoms with Gasteiger partial charge in [0.25, 0.3) is 0 Å². The molecule has 0 aromatic rings. The minimum Gasteiger partial charge on any atom is -0.378 e. The van der Waals surface area contributed by atoms with Crippen LogP contribution in [0.2, 0.25) is 0 Å². The Balaban J connectivity index is 1.69. The van der Waals surface area contributed by atoms with Crippen molar-refractivity contribution in [3.05, 3.63) is 0 Å². The largest absolute Gasteiger partial charge is 0.378 e. The van der Waals surface area contributed by atoms with E-state index in [1.807, 2.05) is 11.8 Å². The fraction of sp³-hybridized carbons (Fsp3) is 0.909. The van der Waals surface area contributed by atoms with Crippen LogP contribution in [0.3, 0.4) is 0 Å². The van der Waals surface area contributed by atoms with Gasteiger partial charge in [0.15, 0.2) is 0 Å². The third kappa shape index (κ3) is 3.12. The van der Waals surface area contributed by atoms with Gasteiger partial charge in [-0.2, -0.15) is 0 Å². The molecule has 1 atom stereocenters. The highest BCUT2D eigenvalue weighted by molar-refractivity contribution is 8.00. The summed E-state index contributed by atoms with van der Waals surface area (Å²) in [5.41, 5.74) is 0. The first-order chi connectivity index (χ1) is 7.77. The van der Waals surface area contributed by atoms with Crippen LogP contribution in [-0.4, -0.2) is 61.2 Å². The molecule has 4 nitrogen and oxygen atoms in total. The van der Waals surface area contributed by atoms with Gasteiger partial charge in [0.1, 0.15) is 0 Å². The number of nitrogens with one attached hydrogen (secondary N) is 1. The van der Waals surface area contributed by atoms with Gasteiger partial charge in [-0.25, -0.2) is 0 Å². The van der Waals surface area contributed by atoms with Crippen molar-refractivity contribution in [1.82, 2.24) is 10.2 Å². The van der Waals surface area contributed by atoms with Crippen molar-refractivity contribution in [2.24, 2.45) is 5.92 Å². The lowest BCUT2D eigenvalue weighted by Gasteiger charge is -2.31. The Morgan fingerprint density at radius 3 is 2.75 bits per heavy atom. The molecular formula is C11H20N2O2S. The summed E-state index contributed by atoms with van der Waals surface area (Å²) in [4.78, 5) is 14.0. The summed E-state index contributed by atoms with van der Waals surface area (Å²) in [5, 5.41) is 3.35. The lowest BCUT2D eigenvalue weighted by molar-refractivity contribution is -0.134. The molecule has 0 spiro atoms. The van der Waals surface area contributed by atoms with Crippen LogP contribution in [0.25, 0.3) is 0 Å². The zero-order chi connectivity index (χ0) is 11.4. The average Bonchev–Trinajstić information content (AvgIpc) is 2.27. The van der Waals surface area contributed by atoms with E-state index in [-0.39, 0.29) is 11.2 Å². The van der Waals surface area contributed by atoms with Gasteiger partial charge in [-0.3, -0.25) is 4.79 Å². The number of hydrogen-bond donors (Lipinski definition) is 1. The van der Waals surface area contributed by atoms with Crippen LogP contribution < -0.4 is 5.32 Å². The van der Waals surface area contributed by atoms with Crippen LogP contribution in [0.4, 0.5) is 0 Å². The van der Waals surface area contributed by atoms with Crippen LogP contribution >= 0.6 is 11.8 Å². The topological polar surface area (TPSA) is 41.6 Å². The summed E-state index contributed by atoms with van der Waals surface area (Å²) in [6.45, 7) is 7.15. The summed E-state index contributed by atoms with van der Waals surface area (Å²) in [7, 11) is 0. The van der Waals surface area contributed by atoms with Gasteiger partial charge in [0.2, 0.25) is 5.91 Å². The van der Waals surface area contributed by atoms with Gasteiger partial charge in [0.05, 0.1) is 18.5 Å². The molecule has 2 aliphatic heterocycles. The van der Waals surface area contributed by atoms with Crippen LogP contribution in [0.5, 0.6) is 0 Å². The molecule has 0 radical (unpaired) electrons.